The lowest BCUT2D eigenvalue weighted by Crippen LogP contribution is -2.40. The van der Waals surface area contributed by atoms with Crippen LogP contribution in [0.2, 0.25) is 0 Å². The van der Waals surface area contributed by atoms with E-state index in [-0.39, 0.29) is 21.6 Å². The second-order valence-corrected chi connectivity index (χ2v) is 10.4. The minimum atomic E-state index is -4.41. The maximum atomic E-state index is 13.0. The summed E-state index contributed by atoms with van der Waals surface area (Å²) in [6.07, 6.45) is 1.97. The Labute approximate surface area is 187 Å². The van der Waals surface area contributed by atoms with E-state index in [1.165, 1.54) is 0 Å². The lowest BCUT2D eigenvalue weighted by Gasteiger charge is -2.29. The van der Waals surface area contributed by atoms with E-state index in [1.54, 1.807) is 13.8 Å². The Hall–Kier alpha value is -1.73. The smallest absolute Gasteiger partial charge is 0.351 e. The third-order valence-corrected chi connectivity index (χ3v) is 7.61. The van der Waals surface area contributed by atoms with Crippen LogP contribution in [0.5, 0.6) is 0 Å². The van der Waals surface area contributed by atoms with Gasteiger partial charge in [-0.3, -0.25) is 13.9 Å². The molecule has 31 heavy (non-hydrogen) atoms. The van der Waals surface area contributed by atoms with Crippen LogP contribution in [0.25, 0.3) is 0 Å². The minimum absolute atomic E-state index is 0. The Morgan fingerprint density at radius 1 is 1.26 bits per heavy atom. The first kappa shape index (κ1) is 25.5. The fourth-order valence-corrected chi connectivity index (χ4v) is 5.54. The summed E-state index contributed by atoms with van der Waals surface area (Å²) in [6, 6.07) is 9.48. The maximum absolute atomic E-state index is 13.0. The van der Waals surface area contributed by atoms with Crippen molar-refractivity contribution in [1.82, 2.24) is 10.6 Å². The third kappa shape index (κ3) is 8.73. The van der Waals surface area contributed by atoms with Gasteiger partial charge in [-0.15, -0.1) is 0 Å². The molecule has 0 aliphatic carbocycles. The van der Waals surface area contributed by atoms with Crippen LogP contribution in [0.4, 0.5) is 0 Å². The summed E-state index contributed by atoms with van der Waals surface area (Å²) in [6.45, 7) is 5.18. The van der Waals surface area contributed by atoms with Gasteiger partial charge in [-0.05, 0) is 62.6 Å². The van der Waals surface area contributed by atoms with E-state index >= 15 is 0 Å². The number of aryl methyl sites for hydroxylation is 1. The van der Waals surface area contributed by atoms with Gasteiger partial charge in [0, 0.05) is 9.27 Å². The number of carboxylic acid groups (broad SMARTS) is 1. The number of piperidine rings is 1. The van der Waals surface area contributed by atoms with Gasteiger partial charge in [0.25, 0.3) is 0 Å². The van der Waals surface area contributed by atoms with Crippen LogP contribution in [0.3, 0.4) is 0 Å². The fourth-order valence-electron chi connectivity index (χ4n) is 3.79. The van der Waals surface area contributed by atoms with Crippen molar-refractivity contribution in [2.24, 2.45) is 11.8 Å². The van der Waals surface area contributed by atoms with Crippen molar-refractivity contribution in [2.75, 3.05) is 13.1 Å². The zero-order chi connectivity index (χ0) is 22.9. The number of rotatable bonds is 12. The Morgan fingerprint density at radius 2 is 1.90 bits per heavy atom. The number of carbonyl (C=O) groups excluding carboxylic acids is 1. The normalized spacial score (nSPS) is 18.8. The quantitative estimate of drug-likeness (QED) is 0.352. The van der Waals surface area contributed by atoms with Gasteiger partial charge in [0.1, 0.15) is 5.78 Å². The standard InChI is InChI=1S/C22H35N2O6P.2H2/c1-16(2)21(24-20(25)11-9-17-6-4-3-5-7-17)31(28,29)30-19(22(26)27)10-8-18-12-14-23-15-13-18;;/h3-7,16,18-19,21,23H,8-15H2,1-2H3,(H,24,25)(H,26,27)(H,28,29);2*1H. The summed E-state index contributed by atoms with van der Waals surface area (Å²) in [5.41, 5.74) is 0.992. The molecule has 178 valence electrons. The molecule has 1 heterocycles. The molecule has 4 N–H and O–H groups in total. The summed E-state index contributed by atoms with van der Waals surface area (Å²) in [7, 11) is -4.41. The van der Waals surface area contributed by atoms with Crippen LogP contribution in [0, 0.1) is 11.8 Å². The zero-order valence-electron chi connectivity index (χ0n) is 18.3. The van der Waals surface area contributed by atoms with E-state index in [1.807, 2.05) is 30.3 Å². The van der Waals surface area contributed by atoms with E-state index in [4.69, 9.17) is 4.52 Å². The first-order chi connectivity index (χ1) is 14.7. The zero-order valence-corrected chi connectivity index (χ0v) is 19.2. The van der Waals surface area contributed by atoms with Gasteiger partial charge >= 0.3 is 13.6 Å². The molecule has 2 rings (SSSR count). The highest BCUT2D eigenvalue weighted by molar-refractivity contribution is 7.53. The van der Waals surface area contributed by atoms with E-state index in [0.29, 0.717) is 18.8 Å². The molecule has 9 heteroatoms. The van der Waals surface area contributed by atoms with E-state index in [9.17, 15) is 24.2 Å². The number of amides is 1. The summed E-state index contributed by atoms with van der Waals surface area (Å²) in [5, 5.41) is 15.4. The molecule has 1 aromatic rings. The number of carboxylic acids is 1. The van der Waals surface area contributed by atoms with Crippen LogP contribution >= 0.6 is 7.60 Å². The van der Waals surface area contributed by atoms with Crippen molar-refractivity contribution < 1.29 is 31.5 Å². The number of benzene rings is 1. The molecule has 1 amide bonds. The van der Waals surface area contributed by atoms with Gasteiger partial charge in [-0.2, -0.15) is 0 Å². The van der Waals surface area contributed by atoms with Crippen molar-refractivity contribution in [3.63, 3.8) is 0 Å². The van der Waals surface area contributed by atoms with Crippen LogP contribution in [0.15, 0.2) is 30.3 Å². The predicted molar refractivity (Wildman–Crippen MR) is 123 cm³/mol. The average Bonchev–Trinajstić information content (AvgIpc) is 2.74. The fraction of sp³-hybridized carbons (Fsp3) is 0.636. The van der Waals surface area contributed by atoms with Gasteiger partial charge in [-0.1, -0.05) is 44.2 Å². The molecule has 0 spiro atoms. The lowest BCUT2D eigenvalue weighted by atomic mass is 9.92. The molecule has 1 aromatic carbocycles. The first-order valence-electron chi connectivity index (χ1n) is 11.0. The van der Waals surface area contributed by atoms with Crippen LogP contribution < -0.4 is 10.6 Å². The number of hydrogen-bond acceptors (Lipinski definition) is 5. The maximum Gasteiger partial charge on any atom is 0.351 e. The van der Waals surface area contributed by atoms with Crippen molar-refractivity contribution >= 4 is 19.5 Å². The molecule has 3 unspecified atom stereocenters. The van der Waals surface area contributed by atoms with Gasteiger partial charge in [0.2, 0.25) is 5.91 Å². The molecule has 0 radical (unpaired) electrons. The summed E-state index contributed by atoms with van der Waals surface area (Å²) in [5.74, 6) is -2.83. The lowest BCUT2D eigenvalue weighted by molar-refractivity contribution is -0.146. The second-order valence-electron chi connectivity index (χ2n) is 8.51. The second kappa shape index (κ2) is 12.3. The molecular weight excluding hydrogens is 419 g/mol. The highest BCUT2D eigenvalue weighted by atomic mass is 31.2. The summed E-state index contributed by atoms with van der Waals surface area (Å²) >= 11 is 0. The highest BCUT2D eigenvalue weighted by Gasteiger charge is 2.40. The molecule has 1 fully saturated rings. The minimum Gasteiger partial charge on any atom is -0.479 e. The van der Waals surface area contributed by atoms with Crippen molar-refractivity contribution in [3.8, 4) is 0 Å². The van der Waals surface area contributed by atoms with Crippen LogP contribution in [-0.2, 0) is 25.1 Å². The van der Waals surface area contributed by atoms with Crippen LogP contribution in [-0.4, -0.2) is 46.9 Å². The Bertz CT molecular complexity index is 763. The molecule has 0 bridgehead atoms. The molecule has 0 saturated carbocycles. The van der Waals surface area contributed by atoms with Crippen LogP contribution in [0.1, 0.15) is 54.4 Å². The highest BCUT2D eigenvalue weighted by Crippen LogP contribution is 2.51. The topological polar surface area (TPSA) is 125 Å². The number of hydrogen-bond donors (Lipinski definition) is 4. The summed E-state index contributed by atoms with van der Waals surface area (Å²) in [4.78, 5) is 34.7. The Morgan fingerprint density at radius 3 is 2.48 bits per heavy atom. The molecule has 0 aromatic heterocycles. The van der Waals surface area contributed by atoms with Gasteiger partial charge in [-0.25, -0.2) is 4.79 Å². The molecule has 1 aliphatic heterocycles. The Kier molecular flexibility index (Phi) is 10.2. The molecule has 3 atom stereocenters. The number of carbonyl (C=O) groups is 2. The van der Waals surface area contributed by atoms with E-state index in [0.717, 1.165) is 31.5 Å². The molecule has 1 aliphatic rings. The van der Waals surface area contributed by atoms with Gasteiger partial charge in [0.05, 0.1) is 0 Å². The predicted octanol–water partition coefficient (Wildman–Crippen LogP) is 3.64. The van der Waals surface area contributed by atoms with Gasteiger partial charge < -0.3 is 20.6 Å². The molecule has 1 saturated heterocycles. The third-order valence-electron chi connectivity index (χ3n) is 5.62. The summed E-state index contributed by atoms with van der Waals surface area (Å²) < 4.78 is 18.2. The number of nitrogens with one attached hydrogen (secondary N) is 2. The van der Waals surface area contributed by atoms with E-state index < -0.39 is 31.4 Å². The Balaban J connectivity index is 0.00000512. The first-order valence-corrected chi connectivity index (χ1v) is 12.6. The number of aliphatic carboxylic acids is 1. The monoisotopic (exact) mass is 458 g/mol. The SMILES string of the molecule is CC(C)C(NC(=O)CCc1ccccc1)P(=O)(O)OC(CCC1CCNCC1)C(=O)O.[HH].[HH]. The van der Waals surface area contributed by atoms with Crippen molar-refractivity contribution in [3.05, 3.63) is 35.9 Å². The largest absolute Gasteiger partial charge is 0.479 e. The van der Waals surface area contributed by atoms with Crippen molar-refractivity contribution in [2.45, 2.75) is 64.3 Å². The average molecular weight is 459 g/mol. The molecular formula is C22H39N2O6P. The van der Waals surface area contributed by atoms with Gasteiger partial charge in [0.15, 0.2) is 6.10 Å². The van der Waals surface area contributed by atoms with Crippen molar-refractivity contribution in [1.29, 1.82) is 0 Å². The van der Waals surface area contributed by atoms with E-state index in [2.05, 4.69) is 10.6 Å². The molecule has 8 nitrogen and oxygen atoms in total.